The first-order valence-electron chi connectivity index (χ1n) is 10.1. The highest BCUT2D eigenvalue weighted by Crippen LogP contribution is 2.35. The Hall–Kier alpha value is -3.05. The van der Waals surface area contributed by atoms with Crippen molar-refractivity contribution in [3.8, 4) is 17.2 Å². The molecule has 0 aliphatic carbocycles. The Morgan fingerprint density at radius 2 is 1.37 bits per heavy atom. The Morgan fingerprint density at radius 1 is 0.733 bits per heavy atom. The molecule has 5 heteroatoms. The third-order valence-corrected chi connectivity index (χ3v) is 5.15. The third-order valence-electron chi connectivity index (χ3n) is 5.15. The van der Waals surface area contributed by atoms with Gasteiger partial charge >= 0.3 is 0 Å². The summed E-state index contributed by atoms with van der Waals surface area (Å²) in [5.41, 5.74) is 4.83. The van der Waals surface area contributed by atoms with Gasteiger partial charge in [-0.15, -0.1) is 0 Å². The topological polar surface area (TPSA) is 43.8 Å². The van der Waals surface area contributed by atoms with Crippen molar-refractivity contribution in [3.05, 3.63) is 83.2 Å². The molecule has 0 saturated carbocycles. The average molecular weight is 407 g/mol. The first kappa shape index (κ1) is 21.7. The van der Waals surface area contributed by atoms with Crippen LogP contribution in [0.15, 0.2) is 60.9 Å². The van der Waals surface area contributed by atoms with Gasteiger partial charge in [0, 0.05) is 43.7 Å². The minimum atomic E-state index is 0.659. The molecule has 30 heavy (non-hydrogen) atoms. The summed E-state index contributed by atoms with van der Waals surface area (Å²) in [6.07, 6.45) is 4.76. The van der Waals surface area contributed by atoms with E-state index in [0.717, 1.165) is 30.8 Å². The molecule has 3 rings (SSSR count). The van der Waals surface area contributed by atoms with E-state index in [0.29, 0.717) is 18.0 Å². The van der Waals surface area contributed by atoms with Crippen LogP contribution in [-0.4, -0.2) is 31.2 Å². The van der Waals surface area contributed by atoms with Gasteiger partial charge < -0.3 is 14.2 Å². The van der Waals surface area contributed by atoms with Crippen LogP contribution in [0.1, 0.15) is 29.2 Å². The molecule has 2 aromatic carbocycles. The van der Waals surface area contributed by atoms with E-state index in [2.05, 4.69) is 47.1 Å². The van der Waals surface area contributed by atoms with E-state index < -0.39 is 0 Å². The molecule has 3 aromatic rings. The van der Waals surface area contributed by atoms with Crippen molar-refractivity contribution < 1.29 is 14.2 Å². The molecule has 1 heterocycles. The molecule has 0 aliphatic heterocycles. The molecule has 0 N–H and O–H groups in total. The summed E-state index contributed by atoms with van der Waals surface area (Å²) >= 11 is 0. The summed E-state index contributed by atoms with van der Waals surface area (Å²) < 4.78 is 16.6. The van der Waals surface area contributed by atoms with Crippen LogP contribution < -0.4 is 14.2 Å². The van der Waals surface area contributed by atoms with Gasteiger partial charge in [0.05, 0.1) is 21.3 Å². The molecule has 0 aliphatic rings. The van der Waals surface area contributed by atoms with Crippen LogP contribution in [0.25, 0.3) is 0 Å². The number of hydrogen-bond donors (Lipinski definition) is 0. The van der Waals surface area contributed by atoms with Crippen LogP contribution in [0.3, 0.4) is 0 Å². The third kappa shape index (κ3) is 5.51. The lowest BCUT2D eigenvalue weighted by Gasteiger charge is -2.24. The Bertz CT molecular complexity index is 927. The van der Waals surface area contributed by atoms with Crippen LogP contribution in [0.5, 0.6) is 17.2 Å². The van der Waals surface area contributed by atoms with Crippen LogP contribution in [-0.2, 0) is 26.1 Å². The maximum Gasteiger partial charge on any atom is 0.164 e. The van der Waals surface area contributed by atoms with E-state index in [-0.39, 0.29) is 0 Å². The van der Waals surface area contributed by atoms with Gasteiger partial charge in [-0.05, 0) is 35.2 Å². The maximum absolute atomic E-state index is 5.64. The summed E-state index contributed by atoms with van der Waals surface area (Å²) in [7, 11) is 4.96. The van der Waals surface area contributed by atoms with Crippen molar-refractivity contribution in [2.75, 3.05) is 21.3 Å². The predicted molar refractivity (Wildman–Crippen MR) is 119 cm³/mol. The molecule has 0 fully saturated rings. The highest BCUT2D eigenvalue weighted by molar-refractivity contribution is 5.50. The molecular weight excluding hydrogens is 376 g/mol. The zero-order valence-corrected chi connectivity index (χ0v) is 18.2. The molecule has 0 bridgehead atoms. The highest BCUT2D eigenvalue weighted by Gasteiger charge is 2.16. The largest absolute Gasteiger partial charge is 0.496 e. The fourth-order valence-electron chi connectivity index (χ4n) is 3.51. The summed E-state index contributed by atoms with van der Waals surface area (Å²) in [4.78, 5) is 6.65. The van der Waals surface area contributed by atoms with Gasteiger partial charge in [-0.3, -0.25) is 9.88 Å². The van der Waals surface area contributed by atoms with E-state index in [9.17, 15) is 0 Å². The normalized spacial score (nSPS) is 10.8. The zero-order chi connectivity index (χ0) is 21.3. The second-order valence-electron chi connectivity index (χ2n) is 7.20. The van der Waals surface area contributed by atoms with Crippen molar-refractivity contribution in [1.29, 1.82) is 0 Å². The van der Waals surface area contributed by atoms with Gasteiger partial charge in [-0.2, -0.15) is 0 Å². The number of aromatic nitrogens is 1. The van der Waals surface area contributed by atoms with Gasteiger partial charge in [-0.25, -0.2) is 0 Å². The Kier molecular flexibility index (Phi) is 7.69. The number of hydrogen-bond acceptors (Lipinski definition) is 5. The SMILES string of the molecule is CCc1ccc(CN(Cc2cccnc2)Cc2cc(OC)c(OC)cc2OC)cc1. The number of rotatable bonds is 10. The highest BCUT2D eigenvalue weighted by atomic mass is 16.5. The lowest BCUT2D eigenvalue weighted by atomic mass is 10.1. The van der Waals surface area contributed by atoms with E-state index in [1.807, 2.05) is 24.4 Å². The van der Waals surface area contributed by atoms with Gasteiger partial charge in [0.25, 0.3) is 0 Å². The molecule has 0 amide bonds. The second kappa shape index (κ2) is 10.6. The lowest BCUT2D eigenvalue weighted by Crippen LogP contribution is -2.23. The molecule has 1 aromatic heterocycles. The number of nitrogens with zero attached hydrogens (tertiary/aromatic N) is 2. The Morgan fingerprint density at radius 3 is 1.97 bits per heavy atom. The van der Waals surface area contributed by atoms with Crippen molar-refractivity contribution in [2.45, 2.75) is 33.0 Å². The first-order valence-corrected chi connectivity index (χ1v) is 10.1. The van der Waals surface area contributed by atoms with Crippen molar-refractivity contribution >= 4 is 0 Å². The Labute approximate surface area is 179 Å². The summed E-state index contributed by atoms with van der Waals surface area (Å²) in [5.74, 6) is 2.14. The molecule has 0 radical (unpaired) electrons. The van der Waals surface area contributed by atoms with Crippen molar-refractivity contribution in [3.63, 3.8) is 0 Å². The van der Waals surface area contributed by atoms with Crippen LogP contribution in [0.4, 0.5) is 0 Å². The average Bonchev–Trinajstić information content (AvgIpc) is 2.79. The number of pyridine rings is 1. The summed E-state index contributed by atoms with van der Waals surface area (Å²) in [6.45, 7) is 4.47. The molecular formula is C25H30N2O3. The monoisotopic (exact) mass is 406 g/mol. The van der Waals surface area contributed by atoms with Crippen molar-refractivity contribution in [1.82, 2.24) is 9.88 Å². The Balaban J connectivity index is 1.89. The van der Waals surface area contributed by atoms with Gasteiger partial charge in [0.1, 0.15) is 5.75 Å². The molecule has 0 spiro atoms. The van der Waals surface area contributed by atoms with Crippen LogP contribution in [0, 0.1) is 0 Å². The number of methoxy groups -OCH3 is 3. The minimum Gasteiger partial charge on any atom is -0.496 e. The van der Waals surface area contributed by atoms with Crippen molar-refractivity contribution in [2.24, 2.45) is 0 Å². The first-order chi connectivity index (χ1) is 14.7. The maximum atomic E-state index is 5.64. The van der Waals surface area contributed by atoms with E-state index in [4.69, 9.17) is 14.2 Å². The van der Waals surface area contributed by atoms with E-state index in [1.54, 1.807) is 27.5 Å². The van der Waals surface area contributed by atoms with Crippen LogP contribution >= 0.6 is 0 Å². The van der Waals surface area contributed by atoms with Gasteiger partial charge in [0.2, 0.25) is 0 Å². The summed E-state index contributed by atoms with van der Waals surface area (Å²) in [5, 5.41) is 0. The molecule has 0 unspecified atom stereocenters. The minimum absolute atomic E-state index is 0.659. The smallest absolute Gasteiger partial charge is 0.164 e. The van der Waals surface area contributed by atoms with Gasteiger partial charge in [0.15, 0.2) is 11.5 Å². The number of aryl methyl sites for hydroxylation is 1. The fourth-order valence-corrected chi connectivity index (χ4v) is 3.51. The van der Waals surface area contributed by atoms with Gasteiger partial charge in [-0.1, -0.05) is 37.3 Å². The lowest BCUT2D eigenvalue weighted by molar-refractivity contribution is 0.242. The summed E-state index contributed by atoms with van der Waals surface area (Å²) in [6, 6.07) is 16.8. The fraction of sp³-hybridized carbons (Fsp3) is 0.320. The second-order valence-corrected chi connectivity index (χ2v) is 7.20. The van der Waals surface area contributed by atoms with E-state index >= 15 is 0 Å². The quantitative estimate of drug-likeness (QED) is 0.480. The predicted octanol–water partition coefficient (Wildman–Crippen LogP) is 4.87. The standard InChI is InChI=1S/C25H30N2O3/c1-5-19-8-10-20(11-9-19)16-27(17-21-7-6-12-26-15-21)18-22-13-24(29-3)25(30-4)14-23(22)28-2/h6-15H,5,16-18H2,1-4H3. The van der Waals surface area contributed by atoms with E-state index in [1.165, 1.54) is 16.7 Å². The number of benzene rings is 2. The zero-order valence-electron chi connectivity index (χ0n) is 18.2. The molecule has 0 saturated heterocycles. The molecule has 5 nitrogen and oxygen atoms in total. The number of ether oxygens (including phenoxy) is 3. The molecule has 158 valence electrons. The van der Waals surface area contributed by atoms with Crippen LogP contribution in [0.2, 0.25) is 0 Å². The molecule has 0 atom stereocenters.